The van der Waals surface area contributed by atoms with E-state index in [1.54, 1.807) is 0 Å². The minimum atomic E-state index is 1.14. The van der Waals surface area contributed by atoms with Crippen molar-refractivity contribution in [3.05, 3.63) is 176 Å². The summed E-state index contributed by atoms with van der Waals surface area (Å²) < 4.78 is 0. The Hall–Kier alpha value is -6.18. The van der Waals surface area contributed by atoms with E-state index in [0.29, 0.717) is 0 Å². The Morgan fingerprint density at radius 3 is 1.62 bits per heavy atom. The van der Waals surface area contributed by atoms with Gasteiger partial charge in [0, 0.05) is 22.3 Å². The Balaban J connectivity index is 1.25. The standard InChI is InChI=1S/C46H29N/c1-2-10-30(11-3-1)31-20-22-37(23-21-31)47(38-24-25-40-36(26-38)19-18-32-12-6-8-16-39(32)40)46-41-17-9-7-15-35(41)29-44-42-27-33-13-4-5-14-34(33)28-43(42)45(44)46/h1-29H. The number of hydrogen-bond donors (Lipinski definition) is 0. The molecule has 9 aromatic carbocycles. The van der Waals surface area contributed by atoms with Crippen LogP contribution in [0.15, 0.2) is 176 Å². The summed E-state index contributed by atoms with van der Waals surface area (Å²) in [6, 6.07) is 64.5. The molecule has 0 fully saturated rings. The fraction of sp³-hybridized carbons (Fsp3) is 0. The Morgan fingerprint density at radius 2 is 0.830 bits per heavy atom. The molecule has 0 aliphatic heterocycles. The Labute approximate surface area is 273 Å². The van der Waals surface area contributed by atoms with Gasteiger partial charge in [-0.25, -0.2) is 0 Å². The second-order valence-corrected chi connectivity index (χ2v) is 12.6. The van der Waals surface area contributed by atoms with Crippen molar-refractivity contribution >= 4 is 60.2 Å². The molecule has 0 bridgehead atoms. The highest BCUT2D eigenvalue weighted by Crippen LogP contribution is 2.58. The van der Waals surface area contributed by atoms with Gasteiger partial charge in [-0.05, 0) is 108 Å². The van der Waals surface area contributed by atoms with Gasteiger partial charge in [0.15, 0.2) is 0 Å². The minimum absolute atomic E-state index is 1.14. The number of rotatable bonds is 4. The summed E-state index contributed by atoms with van der Waals surface area (Å²) in [5, 5.41) is 10.1. The van der Waals surface area contributed by atoms with Gasteiger partial charge in [0.2, 0.25) is 0 Å². The van der Waals surface area contributed by atoms with Crippen molar-refractivity contribution in [1.29, 1.82) is 0 Å². The number of benzene rings is 9. The lowest BCUT2D eigenvalue weighted by atomic mass is 9.76. The minimum Gasteiger partial charge on any atom is -0.309 e. The quantitative estimate of drug-likeness (QED) is 0.183. The van der Waals surface area contributed by atoms with Gasteiger partial charge < -0.3 is 4.90 Å². The first-order chi connectivity index (χ1) is 23.3. The molecule has 1 nitrogen and oxygen atoms in total. The first kappa shape index (κ1) is 26.1. The zero-order chi connectivity index (χ0) is 30.9. The van der Waals surface area contributed by atoms with E-state index in [1.807, 2.05) is 0 Å². The normalized spacial score (nSPS) is 11.8. The highest BCUT2D eigenvalue weighted by Gasteiger charge is 2.31. The van der Waals surface area contributed by atoms with Crippen LogP contribution in [0.3, 0.4) is 0 Å². The van der Waals surface area contributed by atoms with E-state index in [4.69, 9.17) is 0 Å². The number of hydrogen-bond acceptors (Lipinski definition) is 1. The molecule has 218 valence electrons. The van der Waals surface area contributed by atoms with Crippen LogP contribution in [0, 0.1) is 0 Å². The molecule has 1 aliphatic carbocycles. The molecule has 0 aromatic heterocycles. The third-order valence-electron chi connectivity index (χ3n) is 9.91. The largest absolute Gasteiger partial charge is 0.309 e. The molecular formula is C46H29N. The number of nitrogens with zero attached hydrogens (tertiary/aromatic N) is 1. The highest BCUT2D eigenvalue weighted by atomic mass is 15.1. The Bertz CT molecular complexity index is 2670. The van der Waals surface area contributed by atoms with Crippen LogP contribution >= 0.6 is 0 Å². The molecule has 0 amide bonds. The molecule has 0 heterocycles. The average Bonchev–Trinajstić information content (AvgIpc) is 3.14. The van der Waals surface area contributed by atoms with Crippen molar-refractivity contribution in [2.75, 3.05) is 4.90 Å². The van der Waals surface area contributed by atoms with Crippen molar-refractivity contribution in [2.45, 2.75) is 0 Å². The number of fused-ring (bicyclic) bond motifs is 9. The van der Waals surface area contributed by atoms with E-state index in [0.717, 1.165) is 11.4 Å². The maximum Gasteiger partial charge on any atom is 0.0624 e. The summed E-state index contributed by atoms with van der Waals surface area (Å²) in [5.74, 6) is 0. The summed E-state index contributed by atoms with van der Waals surface area (Å²) in [5.41, 5.74) is 11.2. The molecule has 0 spiro atoms. The van der Waals surface area contributed by atoms with Gasteiger partial charge in [-0.3, -0.25) is 0 Å². The molecule has 9 aromatic rings. The van der Waals surface area contributed by atoms with E-state index >= 15 is 0 Å². The van der Waals surface area contributed by atoms with Crippen LogP contribution in [-0.2, 0) is 0 Å². The van der Waals surface area contributed by atoms with Crippen LogP contribution in [0.4, 0.5) is 17.1 Å². The summed E-state index contributed by atoms with van der Waals surface area (Å²) in [6.45, 7) is 0. The third-order valence-corrected chi connectivity index (χ3v) is 9.91. The molecule has 0 N–H and O–H groups in total. The van der Waals surface area contributed by atoms with Crippen LogP contribution in [0.5, 0.6) is 0 Å². The summed E-state index contributed by atoms with van der Waals surface area (Å²) in [4.78, 5) is 2.49. The van der Waals surface area contributed by atoms with Crippen LogP contribution in [0.25, 0.3) is 76.5 Å². The van der Waals surface area contributed by atoms with E-state index < -0.39 is 0 Å². The zero-order valence-corrected chi connectivity index (χ0v) is 25.7. The summed E-state index contributed by atoms with van der Waals surface area (Å²) >= 11 is 0. The van der Waals surface area contributed by atoms with Crippen LogP contribution in [-0.4, -0.2) is 0 Å². The van der Waals surface area contributed by atoms with Gasteiger partial charge in [0.05, 0.1) is 5.69 Å². The topological polar surface area (TPSA) is 3.24 Å². The van der Waals surface area contributed by atoms with Gasteiger partial charge in [-0.1, -0.05) is 133 Å². The molecule has 0 saturated heterocycles. The first-order valence-corrected chi connectivity index (χ1v) is 16.3. The maximum atomic E-state index is 2.49. The predicted molar refractivity (Wildman–Crippen MR) is 201 cm³/mol. The van der Waals surface area contributed by atoms with Gasteiger partial charge in [-0.2, -0.15) is 0 Å². The fourth-order valence-electron chi connectivity index (χ4n) is 7.63. The fourth-order valence-corrected chi connectivity index (χ4v) is 7.63. The molecule has 1 aliphatic rings. The summed E-state index contributed by atoms with van der Waals surface area (Å²) in [7, 11) is 0. The predicted octanol–water partition coefficient (Wildman–Crippen LogP) is 13.1. The Morgan fingerprint density at radius 1 is 0.298 bits per heavy atom. The van der Waals surface area contributed by atoms with Crippen molar-refractivity contribution < 1.29 is 0 Å². The number of anilines is 3. The van der Waals surface area contributed by atoms with Crippen molar-refractivity contribution in [3.8, 4) is 33.4 Å². The van der Waals surface area contributed by atoms with Crippen LogP contribution in [0.2, 0.25) is 0 Å². The lowest BCUT2D eigenvalue weighted by Crippen LogP contribution is -2.15. The van der Waals surface area contributed by atoms with Crippen LogP contribution < -0.4 is 4.90 Å². The van der Waals surface area contributed by atoms with Crippen molar-refractivity contribution in [2.24, 2.45) is 0 Å². The van der Waals surface area contributed by atoms with E-state index in [9.17, 15) is 0 Å². The van der Waals surface area contributed by atoms with Gasteiger partial charge in [0.1, 0.15) is 0 Å². The second-order valence-electron chi connectivity index (χ2n) is 12.6. The molecule has 10 rings (SSSR count). The molecule has 1 heteroatoms. The average molecular weight is 596 g/mol. The monoisotopic (exact) mass is 595 g/mol. The molecule has 0 radical (unpaired) electrons. The zero-order valence-electron chi connectivity index (χ0n) is 25.7. The lowest BCUT2D eigenvalue weighted by molar-refractivity contribution is 1.30. The van der Waals surface area contributed by atoms with E-state index in [1.165, 1.54) is 82.2 Å². The molecule has 0 unspecified atom stereocenters. The molecular weight excluding hydrogens is 567 g/mol. The van der Waals surface area contributed by atoms with Crippen molar-refractivity contribution in [1.82, 2.24) is 0 Å². The third kappa shape index (κ3) is 4.03. The lowest BCUT2D eigenvalue weighted by Gasteiger charge is -2.35. The van der Waals surface area contributed by atoms with Gasteiger partial charge in [0.25, 0.3) is 0 Å². The van der Waals surface area contributed by atoms with E-state index in [2.05, 4.69) is 181 Å². The maximum absolute atomic E-state index is 2.49. The smallest absolute Gasteiger partial charge is 0.0624 e. The SMILES string of the molecule is c1ccc(-c2ccc(N(c3ccc4c(ccc5ccccc54)c3)c3c4c(cc5ccccc35)-c3cc5ccccc5cc3-4)cc2)cc1. The Kier molecular flexibility index (Phi) is 5.64. The molecule has 47 heavy (non-hydrogen) atoms. The van der Waals surface area contributed by atoms with Gasteiger partial charge >= 0.3 is 0 Å². The summed E-state index contributed by atoms with van der Waals surface area (Å²) in [6.07, 6.45) is 0. The molecule has 0 atom stereocenters. The second kappa shape index (κ2) is 10.2. The first-order valence-electron chi connectivity index (χ1n) is 16.3. The molecule has 0 saturated carbocycles. The van der Waals surface area contributed by atoms with Crippen molar-refractivity contribution in [3.63, 3.8) is 0 Å². The van der Waals surface area contributed by atoms with Gasteiger partial charge in [-0.15, -0.1) is 0 Å². The van der Waals surface area contributed by atoms with Crippen LogP contribution in [0.1, 0.15) is 0 Å². The highest BCUT2D eigenvalue weighted by molar-refractivity contribution is 6.21. The van der Waals surface area contributed by atoms with E-state index in [-0.39, 0.29) is 0 Å².